The largest absolute Gasteiger partial charge is 0.277 e. The van der Waals surface area contributed by atoms with E-state index in [1.165, 1.54) is 33.4 Å². The van der Waals surface area contributed by atoms with E-state index >= 15 is 0 Å². The van der Waals surface area contributed by atoms with E-state index in [0.29, 0.717) is 0 Å². The number of hydrogen-bond acceptors (Lipinski definition) is 0. The minimum Gasteiger partial charge on any atom is -0.146 e. The lowest BCUT2D eigenvalue weighted by Crippen LogP contribution is -2.22. The Kier molecular flexibility index (Phi) is 19.9. The van der Waals surface area contributed by atoms with Gasteiger partial charge in [0.25, 0.3) is 29.7 Å². The van der Waals surface area contributed by atoms with Crippen LogP contribution < -0.4 is 0 Å². The summed E-state index contributed by atoms with van der Waals surface area (Å²) in [5.41, 5.74) is 9.36. The molecular weight excluding hydrogens is 708 g/mol. The van der Waals surface area contributed by atoms with Gasteiger partial charge >= 0.3 is 0 Å². The monoisotopic (exact) mass is 746 g/mol. The number of benzene rings is 1. The second-order valence-electron chi connectivity index (χ2n) is 10.7. The highest BCUT2D eigenvalue weighted by Gasteiger charge is 2.31. The van der Waals surface area contributed by atoms with Gasteiger partial charge in [-0.25, -0.2) is 0 Å². The van der Waals surface area contributed by atoms with Crippen molar-refractivity contribution in [2.45, 2.75) is 128 Å². The van der Waals surface area contributed by atoms with Crippen molar-refractivity contribution >= 4 is 118 Å². The van der Waals surface area contributed by atoms with Gasteiger partial charge in [0.05, 0.1) is 0 Å². The molecular formula is C26H42Cl8Si4. The van der Waals surface area contributed by atoms with E-state index in [-0.39, 0.29) is 22.2 Å². The van der Waals surface area contributed by atoms with Crippen LogP contribution in [0.3, 0.4) is 0 Å². The van der Waals surface area contributed by atoms with Gasteiger partial charge < -0.3 is 0 Å². The van der Waals surface area contributed by atoms with Crippen molar-refractivity contribution in [3.05, 3.63) is 33.4 Å². The van der Waals surface area contributed by atoms with Crippen molar-refractivity contribution < 1.29 is 0 Å². The lowest BCUT2D eigenvalue weighted by molar-refractivity contribution is 0.714. The van der Waals surface area contributed by atoms with Crippen LogP contribution in [-0.4, -0.2) is 29.7 Å². The molecule has 4 radical (unpaired) electrons. The molecule has 0 fully saturated rings. The molecule has 0 aromatic heterocycles. The third-order valence-corrected chi connectivity index (χ3v) is 20.0. The van der Waals surface area contributed by atoms with Crippen molar-refractivity contribution in [2.24, 2.45) is 0 Å². The summed E-state index contributed by atoms with van der Waals surface area (Å²) in [4.78, 5) is 0. The van der Waals surface area contributed by atoms with Crippen molar-refractivity contribution in [2.75, 3.05) is 0 Å². The predicted octanol–water partition coefficient (Wildman–Crippen LogP) is 12.0. The molecule has 38 heavy (non-hydrogen) atoms. The number of unbranched alkanes of at least 4 members (excludes halogenated alkanes) is 2. The van der Waals surface area contributed by atoms with Crippen LogP contribution in [0.25, 0.3) is 0 Å². The van der Waals surface area contributed by atoms with Crippen LogP contribution in [0.15, 0.2) is 0 Å². The summed E-state index contributed by atoms with van der Waals surface area (Å²) in [5, 5.41) is 0. The van der Waals surface area contributed by atoms with Gasteiger partial charge in [0.2, 0.25) is 0 Å². The van der Waals surface area contributed by atoms with E-state index in [9.17, 15) is 0 Å². The first-order valence-electron chi connectivity index (χ1n) is 13.6. The number of rotatable bonds is 18. The van der Waals surface area contributed by atoms with Crippen molar-refractivity contribution in [1.82, 2.24) is 0 Å². The zero-order valence-corrected chi connectivity index (χ0v) is 33.5. The Hall–Kier alpha value is 2.41. The van der Waals surface area contributed by atoms with Gasteiger partial charge in [0, 0.05) is 0 Å². The van der Waals surface area contributed by atoms with Gasteiger partial charge in [-0.2, -0.15) is 0 Å². The Bertz CT molecular complexity index is 771. The van der Waals surface area contributed by atoms with Crippen molar-refractivity contribution in [1.29, 1.82) is 0 Å². The molecule has 1 rings (SSSR count). The second kappa shape index (κ2) is 19.6. The first-order valence-corrected chi connectivity index (χ1v) is 28.0. The molecule has 0 N–H and O–H groups in total. The molecule has 0 aliphatic heterocycles. The molecule has 0 spiro atoms. The fourth-order valence-corrected chi connectivity index (χ4v) is 8.21. The molecule has 0 aliphatic carbocycles. The maximum atomic E-state index is 6.55. The van der Waals surface area contributed by atoms with Crippen LogP contribution in [0.2, 0.25) is 22.2 Å². The van der Waals surface area contributed by atoms with Gasteiger partial charge in [0.1, 0.15) is 0 Å². The quantitative estimate of drug-likeness (QED) is 0.104. The van der Waals surface area contributed by atoms with E-state index in [1.54, 1.807) is 0 Å². The van der Waals surface area contributed by atoms with Gasteiger partial charge in [0.15, 0.2) is 0 Å². The first-order chi connectivity index (χ1) is 17.8. The van der Waals surface area contributed by atoms with Gasteiger partial charge in [-0.05, 0) is 107 Å². The summed E-state index contributed by atoms with van der Waals surface area (Å²) in [6, 6.07) is 0. The topological polar surface area (TPSA) is 0 Å². The molecule has 0 bridgehead atoms. The normalized spacial score (nSPS) is 15.6. The minimum atomic E-state index is -1.52. The zero-order chi connectivity index (χ0) is 29.2. The summed E-state index contributed by atoms with van der Waals surface area (Å²) in [7, 11) is -6.02. The molecule has 218 valence electrons. The first kappa shape index (κ1) is 38.4. The van der Waals surface area contributed by atoms with E-state index in [2.05, 4.69) is 41.5 Å². The van der Waals surface area contributed by atoms with Crippen molar-refractivity contribution in [3.8, 4) is 0 Å². The highest BCUT2D eigenvalue weighted by molar-refractivity contribution is 7.35. The second-order valence-corrected chi connectivity index (χ2v) is 29.0. The van der Waals surface area contributed by atoms with Gasteiger partial charge in [-0.15, -0.1) is 88.6 Å². The van der Waals surface area contributed by atoms with Crippen LogP contribution in [0.4, 0.5) is 0 Å². The Morgan fingerprint density at radius 1 is 0.421 bits per heavy atom. The Morgan fingerprint density at radius 3 is 0.816 bits per heavy atom. The van der Waals surface area contributed by atoms with Crippen molar-refractivity contribution in [3.63, 3.8) is 0 Å². The third kappa shape index (κ3) is 12.2. The highest BCUT2D eigenvalue weighted by Crippen LogP contribution is 2.41. The Morgan fingerprint density at radius 2 is 0.632 bits per heavy atom. The smallest absolute Gasteiger partial charge is 0.146 e. The van der Waals surface area contributed by atoms with Gasteiger partial charge in [-0.3, -0.25) is 0 Å². The fraction of sp³-hybridized carbons (Fsp3) is 0.769. The third-order valence-electron chi connectivity index (χ3n) is 7.28. The van der Waals surface area contributed by atoms with E-state index < -0.39 is 29.7 Å². The standard InChI is InChI=1S/C26H42Cl8Si4/c1-7-9-11-21-22(12-10-8-2)24(14-18(4)36(29)30)26(16-20(6)38(33)34)25(15-19(5)37(31)32)23(21)13-17(3)35(27)28/h17-20H,7-16H2,1-6H3. The van der Waals surface area contributed by atoms with Crippen LogP contribution in [0.1, 0.15) is 101 Å². The van der Waals surface area contributed by atoms with Crippen LogP contribution in [-0.2, 0) is 38.5 Å². The molecule has 0 saturated heterocycles. The average Bonchev–Trinajstić information content (AvgIpc) is 2.84. The minimum absolute atomic E-state index is 0.187. The molecule has 0 nitrogen and oxygen atoms in total. The summed E-state index contributed by atoms with van der Waals surface area (Å²) in [6.07, 6.45) is 10.0. The fourth-order valence-electron chi connectivity index (χ4n) is 4.92. The zero-order valence-electron chi connectivity index (χ0n) is 23.4. The number of hydrogen-bond donors (Lipinski definition) is 0. The Balaban J connectivity index is 4.19. The molecule has 0 saturated carbocycles. The molecule has 1 aromatic rings. The predicted molar refractivity (Wildman–Crippen MR) is 186 cm³/mol. The van der Waals surface area contributed by atoms with E-state index in [0.717, 1.165) is 64.2 Å². The molecule has 4 atom stereocenters. The van der Waals surface area contributed by atoms with Crippen LogP contribution in [0, 0.1) is 0 Å². The summed E-state index contributed by atoms with van der Waals surface area (Å²) < 4.78 is 0. The van der Waals surface area contributed by atoms with E-state index in [4.69, 9.17) is 88.6 Å². The highest BCUT2D eigenvalue weighted by atomic mass is 35.7. The summed E-state index contributed by atoms with van der Waals surface area (Å²) in [5.74, 6) is 0. The van der Waals surface area contributed by atoms with Crippen LogP contribution in [0.5, 0.6) is 0 Å². The lowest BCUT2D eigenvalue weighted by Gasteiger charge is -2.31. The van der Waals surface area contributed by atoms with Crippen LogP contribution >= 0.6 is 88.6 Å². The molecule has 12 heteroatoms. The summed E-state index contributed by atoms with van der Waals surface area (Å²) >= 11 is 52.3. The molecule has 0 aliphatic rings. The maximum Gasteiger partial charge on any atom is 0.277 e. The molecule has 0 heterocycles. The summed E-state index contributed by atoms with van der Waals surface area (Å²) in [6.45, 7) is 13.2. The molecule has 0 amide bonds. The molecule has 1 aromatic carbocycles. The van der Waals surface area contributed by atoms with Gasteiger partial charge in [-0.1, -0.05) is 54.4 Å². The van der Waals surface area contributed by atoms with E-state index in [1.807, 2.05) is 0 Å². The number of halogens is 8. The molecule has 4 unspecified atom stereocenters. The lowest BCUT2D eigenvalue weighted by atomic mass is 9.78. The average molecular weight is 751 g/mol. The SMILES string of the molecule is CCCCc1c(CCCC)c(CC(C)[Si](Cl)Cl)c(CC(C)[Si](Cl)Cl)c(CC(C)[Si](Cl)Cl)c1CC(C)[Si](Cl)Cl. The maximum absolute atomic E-state index is 6.55. The Labute approximate surface area is 277 Å².